The Kier molecular flexibility index (Phi) is 3.76. The normalized spacial score (nSPS) is 14.4. The van der Waals surface area contributed by atoms with Crippen molar-refractivity contribution in [2.75, 3.05) is 25.5 Å². The molecule has 6 nitrogen and oxygen atoms in total. The average molecular weight is 248 g/mol. The number of aromatic nitrogens is 1. The third-order valence-corrected chi connectivity index (χ3v) is 2.51. The number of aliphatic imine (C=N–C) groups is 1. The summed E-state index contributed by atoms with van der Waals surface area (Å²) in [5.74, 6) is 0.832. The highest BCUT2D eigenvalue weighted by molar-refractivity contribution is 5.94. The van der Waals surface area contributed by atoms with Crippen molar-refractivity contribution in [2.24, 2.45) is 4.99 Å². The minimum absolute atomic E-state index is 0.288. The van der Waals surface area contributed by atoms with Gasteiger partial charge in [0.1, 0.15) is 5.82 Å². The Balaban J connectivity index is 2.19. The summed E-state index contributed by atoms with van der Waals surface area (Å²) < 4.78 is 4.66. The number of ether oxygens (including phenoxy) is 1. The first-order valence-electron chi connectivity index (χ1n) is 5.81. The van der Waals surface area contributed by atoms with Gasteiger partial charge in [0.2, 0.25) is 0 Å². The molecule has 1 aromatic heterocycles. The molecule has 2 rings (SSSR count). The summed E-state index contributed by atoms with van der Waals surface area (Å²) in [5, 5.41) is 6.19. The van der Waals surface area contributed by atoms with Gasteiger partial charge in [-0.3, -0.25) is 4.99 Å². The zero-order valence-corrected chi connectivity index (χ0v) is 10.5. The predicted molar refractivity (Wildman–Crippen MR) is 68.9 cm³/mol. The molecule has 0 atom stereocenters. The van der Waals surface area contributed by atoms with Gasteiger partial charge in [-0.05, 0) is 31.0 Å². The number of nitrogens with zero attached hydrogens (tertiary/aromatic N) is 2. The van der Waals surface area contributed by atoms with Gasteiger partial charge in [-0.25, -0.2) is 9.78 Å². The SMILES string of the molecule is COC(=O)c1cc(C)cc(NC2=NCCCN2)n1. The van der Waals surface area contributed by atoms with E-state index in [1.54, 1.807) is 6.07 Å². The van der Waals surface area contributed by atoms with Gasteiger partial charge in [-0.2, -0.15) is 0 Å². The summed E-state index contributed by atoms with van der Waals surface area (Å²) in [7, 11) is 1.34. The average Bonchev–Trinajstić information content (AvgIpc) is 2.38. The summed E-state index contributed by atoms with van der Waals surface area (Å²) in [5.41, 5.74) is 1.22. The Bertz CT molecular complexity index is 485. The fourth-order valence-corrected chi connectivity index (χ4v) is 1.68. The van der Waals surface area contributed by atoms with Gasteiger partial charge in [0.05, 0.1) is 7.11 Å². The van der Waals surface area contributed by atoms with Crippen LogP contribution < -0.4 is 10.6 Å². The number of pyridine rings is 1. The molecule has 0 unspecified atom stereocenters. The molecule has 0 saturated heterocycles. The van der Waals surface area contributed by atoms with E-state index in [4.69, 9.17) is 0 Å². The Morgan fingerprint density at radius 1 is 1.50 bits per heavy atom. The number of aryl methyl sites for hydroxylation is 1. The highest BCUT2D eigenvalue weighted by Crippen LogP contribution is 2.11. The molecular weight excluding hydrogens is 232 g/mol. The smallest absolute Gasteiger partial charge is 0.356 e. The fraction of sp³-hybridized carbons (Fsp3) is 0.417. The van der Waals surface area contributed by atoms with Crippen LogP contribution >= 0.6 is 0 Å². The molecule has 6 heteroatoms. The van der Waals surface area contributed by atoms with Crippen molar-refractivity contribution in [2.45, 2.75) is 13.3 Å². The Morgan fingerprint density at radius 2 is 2.33 bits per heavy atom. The summed E-state index contributed by atoms with van der Waals surface area (Å²) in [6.45, 7) is 3.59. The third-order valence-electron chi connectivity index (χ3n) is 2.51. The summed E-state index contributed by atoms with van der Waals surface area (Å²) in [6.07, 6.45) is 1.03. The van der Waals surface area contributed by atoms with E-state index in [1.807, 2.05) is 13.0 Å². The van der Waals surface area contributed by atoms with E-state index < -0.39 is 5.97 Å². The van der Waals surface area contributed by atoms with Crippen LogP contribution in [0, 0.1) is 6.92 Å². The molecule has 96 valence electrons. The van der Waals surface area contributed by atoms with E-state index in [-0.39, 0.29) is 5.69 Å². The number of methoxy groups -OCH3 is 1. The zero-order chi connectivity index (χ0) is 13.0. The van der Waals surface area contributed by atoms with Gasteiger partial charge in [-0.1, -0.05) is 0 Å². The van der Waals surface area contributed by atoms with Gasteiger partial charge in [0, 0.05) is 13.1 Å². The lowest BCUT2D eigenvalue weighted by Gasteiger charge is -2.16. The second-order valence-corrected chi connectivity index (χ2v) is 4.04. The molecule has 0 spiro atoms. The van der Waals surface area contributed by atoms with Crippen molar-refractivity contribution in [1.29, 1.82) is 0 Å². The Morgan fingerprint density at radius 3 is 3.00 bits per heavy atom. The minimum atomic E-state index is -0.444. The number of nitrogens with one attached hydrogen (secondary N) is 2. The molecule has 0 bridgehead atoms. The van der Waals surface area contributed by atoms with E-state index in [2.05, 4.69) is 25.3 Å². The first-order chi connectivity index (χ1) is 8.69. The maximum absolute atomic E-state index is 11.5. The summed E-state index contributed by atoms with van der Waals surface area (Å²) >= 11 is 0. The molecule has 2 heterocycles. The van der Waals surface area contributed by atoms with Crippen LogP contribution in [0.1, 0.15) is 22.5 Å². The maximum Gasteiger partial charge on any atom is 0.356 e. The zero-order valence-electron chi connectivity index (χ0n) is 10.5. The highest BCUT2D eigenvalue weighted by Gasteiger charge is 2.11. The van der Waals surface area contributed by atoms with Crippen molar-refractivity contribution in [3.05, 3.63) is 23.4 Å². The monoisotopic (exact) mass is 248 g/mol. The second kappa shape index (κ2) is 5.48. The van der Waals surface area contributed by atoms with Crippen LogP contribution in [0.3, 0.4) is 0 Å². The molecule has 0 fully saturated rings. The first-order valence-corrected chi connectivity index (χ1v) is 5.81. The van der Waals surface area contributed by atoms with Crippen LogP contribution in [0.2, 0.25) is 0 Å². The number of hydrogen-bond acceptors (Lipinski definition) is 6. The Hall–Kier alpha value is -2.11. The number of guanidine groups is 1. The molecule has 2 N–H and O–H groups in total. The van der Waals surface area contributed by atoms with Gasteiger partial charge in [-0.15, -0.1) is 0 Å². The lowest BCUT2D eigenvalue weighted by molar-refractivity contribution is 0.0594. The standard InChI is InChI=1S/C12H16N4O2/c1-8-6-9(11(17)18-2)15-10(7-8)16-12-13-4-3-5-14-12/h6-7H,3-5H2,1-2H3,(H2,13,14,15,16). The maximum atomic E-state index is 11.5. The van der Waals surface area contributed by atoms with E-state index in [9.17, 15) is 4.79 Å². The number of rotatable bonds is 2. The predicted octanol–water partition coefficient (Wildman–Crippen LogP) is 0.938. The van der Waals surface area contributed by atoms with E-state index in [1.165, 1.54) is 7.11 Å². The van der Waals surface area contributed by atoms with Crippen LogP contribution in [-0.2, 0) is 4.74 Å². The summed E-state index contributed by atoms with van der Waals surface area (Å²) in [4.78, 5) is 19.9. The molecule has 1 aliphatic rings. The van der Waals surface area contributed by atoms with E-state index in [0.717, 1.165) is 25.1 Å². The van der Waals surface area contributed by atoms with Gasteiger partial charge < -0.3 is 15.4 Å². The van der Waals surface area contributed by atoms with Gasteiger partial charge in [0.15, 0.2) is 11.7 Å². The fourth-order valence-electron chi connectivity index (χ4n) is 1.68. The van der Waals surface area contributed by atoms with E-state index in [0.29, 0.717) is 11.8 Å². The number of anilines is 1. The number of hydrogen-bond donors (Lipinski definition) is 2. The van der Waals surface area contributed by atoms with Gasteiger partial charge >= 0.3 is 5.97 Å². The number of carbonyl (C=O) groups is 1. The lowest BCUT2D eigenvalue weighted by atomic mass is 10.2. The molecule has 18 heavy (non-hydrogen) atoms. The lowest BCUT2D eigenvalue weighted by Crippen LogP contribution is -2.35. The van der Waals surface area contributed by atoms with Crippen LogP contribution in [0.5, 0.6) is 0 Å². The number of carbonyl (C=O) groups excluding carboxylic acids is 1. The highest BCUT2D eigenvalue weighted by atomic mass is 16.5. The van der Waals surface area contributed by atoms with Crippen molar-refractivity contribution >= 4 is 17.7 Å². The largest absolute Gasteiger partial charge is 0.464 e. The Labute approximate surface area is 105 Å². The van der Waals surface area contributed by atoms with Crippen LogP contribution in [0.25, 0.3) is 0 Å². The van der Waals surface area contributed by atoms with Crippen molar-refractivity contribution in [3.63, 3.8) is 0 Å². The second-order valence-electron chi connectivity index (χ2n) is 4.04. The molecule has 1 aliphatic heterocycles. The molecule has 0 amide bonds. The van der Waals surface area contributed by atoms with Crippen LogP contribution in [0.15, 0.2) is 17.1 Å². The quantitative estimate of drug-likeness (QED) is 0.762. The molecule has 0 radical (unpaired) electrons. The molecule has 0 aromatic carbocycles. The minimum Gasteiger partial charge on any atom is -0.464 e. The van der Waals surface area contributed by atoms with Crippen molar-refractivity contribution in [1.82, 2.24) is 10.3 Å². The third kappa shape index (κ3) is 2.97. The van der Waals surface area contributed by atoms with Crippen molar-refractivity contribution < 1.29 is 9.53 Å². The first kappa shape index (κ1) is 12.3. The van der Waals surface area contributed by atoms with Crippen molar-refractivity contribution in [3.8, 4) is 0 Å². The van der Waals surface area contributed by atoms with Gasteiger partial charge in [0.25, 0.3) is 0 Å². The summed E-state index contributed by atoms with van der Waals surface area (Å²) in [6, 6.07) is 3.54. The van der Waals surface area contributed by atoms with Crippen LogP contribution in [-0.4, -0.2) is 37.1 Å². The molecular formula is C12H16N4O2. The topological polar surface area (TPSA) is 75.6 Å². The molecule has 0 aliphatic carbocycles. The number of esters is 1. The van der Waals surface area contributed by atoms with E-state index >= 15 is 0 Å². The van der Waals surface area contributed by atoms with Crippen LogP contribution in [0.4, 0.5) is 5.82 Å². The molecule has 1 aromatic rings. The molecule has 0 saturated carbocycles.